The van der Waals surface area contributed by atoms with E-state index in [4.69, 9.17) is 4.74 Å². The summed E-state index contributed by atoms with van der Waals surface area (Å²) in [6.45, 7) is 5.36. The summed E-state index contributed by atoms with van der Waals surface area (Å²) in [5, 5.41) is 0. The third-order valence-corrected chi connectivity index (χ3v) is 6.79. The van der Waals surface area contributed by atoms with Crippen molar-refractivity contribution in [3.05, 3.63) is 59.7 Å². The first kappa shape index (κ1) is 19.9. The molecule has 5 rings (SSSR count). The number of para-hydroxylation sites is 2. The van der Waals surface area contributed by atoms with Crippen LogP contribution in [0.5, 0.6) is 5.75 Å². The Balaban J connectivity index is 1.36. The molecule has 2 aromatic rings. The summed E-state index contributed by atoms with van der Waals surface area (Å²) in [5.74, 6) is 1.37. The second-order valence-electron chi connectivity index (χ2n) is 8.82. The topological polar surface area (TPSA) is 53.1 Å². The summed E-state index contributed by atoms with van der Waals surface area (Å²) in [5.41, 5.74) is 3.24. The van der Waals surface area contributed by atoms with Crippen molar-refractivity contribution in [1.82, 2.24) is 9.80 Å². The van der Waals surface area contributed by atoms with Gasteiger partial charge in [0.1, 0.15) is 12.4 Å². The van der Waals surface area contributed by atoms with Crippen LogP contribution < -0.4 is 9.64 Å². The Hall–Kier alpha value is -3.02. The standard InChI is InChI=1S/C25H29N3O3/c1-18-17-31-23-10-5-2-7-20(23)16-27(18)25(30)28-15-19(21-8-3-4-9-22(21)28)12-14-26-13-6-11-24(26)29/h2-5,7-10,18-19H,6,11-17H2,1H3/t18-,19-/m1/s1. The highest BCUT2D eigenvalue weighted by Crippen LogP contribution is 2.39. The second-order valence-corrected chi connectivity index (χ2v) is 8.82. The Morgan fingerprint density at radius 1 is 1.13 bits per heavy atom. The van der Waals surface area contributed by atoms with Crippen molar-refractivity contribution in [2.45, 2.75) is 44.7 Å². The van der Waals surface area contributed by atoms with E-state index >= 15 is 0 Å². The zero-order valence-electron chi connectivity index (χ0n) is 18.0. The van der Waals surface area contributed by atoms with Crippen molar-refractivity contribution < 1.29 is 14.3 Å². The molecule has 1 saturated heterocycles. The van der Waals surface area contributed by atoms with Gasteiger partial charge in [-0.15, -0.1) is 0 Å². The summed E-state index contributed by atoms with van der Waals surface area (Å²) in [7, 11) is 0. The minimum Gasteiger partial charge on any atom is -0.491 e. The second kappa shape index (κ2) is 8.25. The van der Waals surface area contributed by atoms with Crippen molar-refractivity contribution >= 4 is 17.6 Å². The maximum absolute atomic E-state index is 13.7. The van der Waals surface area contributed by atoms with Crippen molar-refractivity contribution in [2.75, 3.05) is 31.1 Å². The van der Waals surface area contributed by atoms with Crippen molar-refractivity contribution in [3.8, 4) is 5.75 Å². The van der Waals surface area contributed by atoms with Gasteiger partial charge in [-0.25, -0.2) is 4.79 Å². The first-order chi connectivity index (χ1) is 15.1. The van der Waals surface area contributed by atoms with Gasteiger partial charge in [0.2, 0.25) is 5.91 Å². The summed E-state index contributed by atoms with van der Waals surface area (Å²) in [4.78, 5) is 31.6. The Kier molecular flexibility index (Phi) is 5.30. The van der Waals surface area contributed by atoms with Crippen LogP contribution in [0.3, 0.4) is 0 Å². The highest BCUT2D eigenvalue weighted by Gasteiger charge is 2.37. The molecule has 3 aliphatic rings. The fourth-order valence-electron chi connectivity index (χ4n) is 5.00. The molecule has 1 fully saturated rings. The predicted octanol–water partition coefficient (Wildman–Crippen LogP) is 4.01. The number of rotatable bonds is 3. The number of ether oxygens (including phenoxy) is 1. The number of urea groups is 1. The average Bonchev–Trinajstić information content (AvgIpc) is 3.32. The van der Waals surface area contributed by atoms with E-state index in [-0.39, 0.29) is 23.9 Å². The Bertz CT molecular complexity index is 991. The summed E-state index contributed by atoms with van der Waals surface area (Å²) in [6, 6.07) is 16.2. The lowest BCUT2D eigenvalue weighted by atomic mass is 9.98. The van der Waals surface area contributed by atoms with Gasteiger partial charge in [-0.2, -0.15) is 0 Å². The zero-order chi connectivity index (χ0) is 21.4. The number of likely N-dealkylation sites (tertiary alicyclic amines) is 1. The molecule has 2 atom stereocenters. The van der Waals surface area contributed by atoms with Crippen LogP contribution in [-0.2, 0) is 11.3 Å². The molecule has 31 heavy (non-hydrogen) atoms. The highest BCUT2D eigenvalue weighted by atomic mass is 16.5. The van der Waals surface area contributed by atoms with Crippen LogP contribution in [-0.4, -0.2) is 54.0 Å². The maximum Gasteiger partial charge on any atom is 0.325 e. The molecule has 0 aromatic heterocycles. The van der Waals surface area contributed by atoms with Gasteiger partial charge in [-0.05, 0) is 37.5 Å². The van der Waals surface area contributed by atoms with Crippen molar-refractivity contribution in [3.63, 3.8) is 0 Å². The molecule has 6 heteroatoms. The lowest BCUT2D eigenvalue weighted by Gasteiger charge is -2.31. The lowest BCUT2D eigenvalue weighted by molar-refractivity contribution is -0.127. The molecule has 3 amide bonds. The predicted molar refractivity (Wildman–Crippen MR) is 119 cm³/mol. The molecule has 0 unspecified atom stereocenters. The average molecular weight is 420 g/mol. The zero-order valence-corrected chi connectivity index (χ0v) is 18.0. The van der Waals surface area contributed by atoms with E-state index in [9.17, 15) is 9.59 Å². The first-order valence-electron chi connectivity index (χ1n) is 11.3. The van der Waals surface area contributed by atoms with Crippen molar-refractivity contribution in [2.24, 2.45) is 0 Å². The molecule has 0 aliphatic carbocycles. The largest absolute Gasteiger partial charge is 0.491 e. The molecule has 6 nitrogen and oxygen atoms in total. The van der Waals surface area contributed by atoms with E-state index < -0.39 is 0 Å². The molecule has 0 N–H and O–H groups in total. The number of hydrogen-bond donors (Lipinski definition) is 0. The van der Waals surface area contributed by atoms with Gasteiger partial charge in [0.05, 0.1) is 12.6 Å². The van der Waals surface area contributed by atoms with Gasteiger partial charge in [-0.1, -0.05) is 36.4 Å². The van der Waals surface area contributed by atoms with E-state index in [0.29, 0.717) is 26.1 Å². The summed E-state index contributed by atoms with van der Waals surface area (Å²) < 4.78 is 5.95. The molecule has 0 saturated carbocycles. The maximum atomic E-state index is 13.7. The number of fused-ring (bicyclic) bond motifs is 2. The SMILES string of the molecule is C[C@@H]1COc2ccccc2CN1C(=O)N1C[C@@H](CCN2CCCC2=O)c2ccccc21. The molecular formula is C25H29N3O3. The third kappa shape index (κ3) is 3.75. The normalized spacial score (nSPS) is 22.7. The summed E-state index contributed by atoms with van der Waals surface area (Å²) >= 11 is 0. The first-order valence-corrected chi connectivity index (χ1v) is 11.3. The van der Waals surface area contributed by atoms with Gasteiger partial charge in [0.15, 0.2) is 0 Å². The molecule has 0 bridgehead atoms. The van der Waals surface area contributed by atoms with Gasteiger partial charge >= 0.3 is 6.03 Å². The van der Waals surface area contributed by atoms with E-state index in [1.165, 1.54) is 5.56 Å². The molecule has 2 aromatic carbocycles. The van der Waals surface area contributed by atoms with E-state index in [1.54, 1.807) is 0 Å². The molecule has 0 spiro atoms. The van der Waals surface area contributed by atoms with E-state index in [2.05, 4.69) is 6.07 Å². The quantitative estimate of drug-likeness (QED) is 0.756. The Morgan fingerprint density at radius 3 is 2.77 bits per heavy atom. The smallest absolute Gasteiger partial charge is 0.325 e. The van der Waals surface area contributed by atoms with Crippen LogP contribution in [0.2, 0.25) is 0 Å². The highest BCUT2D eigenvalue weighted by molar-refractivity contribution is 5.95. The molecular weight excluding hydrogens is 390 g/mol. The molecule has 3 aliphatic heterocycles. The Morgan fingerprint density at radius 2 is 1.94 bits per heavy atom. The number of amides is 3. The lowest BCUT2D eigenvalue weighted by Crippen LogP contribution is -2.47. The number of benzene rings is 2. The van der Waals surface area contributed by atoms with Crippen LogP contribution in [0.25, 0.3) is 0 Å². The van der Waals surface area contributed by atoms with E-state index in [1.807, 2.05) is 64.1 Å². The fraction of sp³-hybridized carbons (Fsp3) is 0.440. The summed E-state index contributed by atoms with van der Waals surface area (Å²) in [6.07, 6.45) is 2.51. The van der Waals surface area contributed by atoms with Gasteiger partial charge in [0, 0.05) is 43.2 Å². The monoisotopic (exact) mass is 419 g/mol. The number of carbonyl (C=O) groups excluding carboxylic acids is 2. The van der Waals surface area contributed by atoms with Crippen LogP contribution in [0.15, 0.2) is 48.5 Å². The van der Waals surface area contributed by atoms with Gasteiger partial charge in [-0.3, -0.25) is 9.69 Å². The molecule has 0 radical (unpaired) electrons. The van der Waals surface area contributed by atoms with Crippen LogP contribution in [0.4, 0.5) is 10.5 Å². The number of hydrogen-bond acceptors (Lipinski definition) is 3. The van der Waals surface area contributed by atoms with Crippen LogP contribution >= 0.6 is 0 Å². The minimum atomic E-state index is -0.0201. The van der Waals surface area contributed by atoms with Crippen molar-refractivity contribution in [1.29, 1.82) is 0 Å². The number of nitrogens with zero attached hydrogens (tertiary/aromatic N) is 3. The number of carbonyl (C=O) groups is 2. The number of anilines is 1. The third-order valence-electron chi connectivity index (χ3n) is 6.79. The van der Waals surface area contributed by atoms with Crippen LogP contribution in [0.1, 0.15) is 43.2 Å². The van der Waals surface area contributed by atoms with Gasteiger partial charge in [0.25, 0.3) is 0 Å². The van der Waals surface area contributed by atoms with E-state index in [0.717, 1.165) is 42.9 Å². The Labute approximate surface area is 183 Å². The van der Waals surface area contributed by atoms with Crippen LogP contribution in [0, 0.1) is 0 Å². The minimum absolute atomic E-state index is 0.0201. The van der Waals surface area contributed by atoms with Gasteiger partial charge < -0.3 is 14.5 Å². The molecule has 3 heterocycles. The molecule has 162 valence electrons. The fourth-order valence-corrected chi connectivity index (χ4v) is 5.00.